The Balaban J connectivity index is 2.22. The first kappa shape index (κ1) is 16.0. The lowest BCUT2D eigenvalue weighted by atomic mass is 9.78. The Bertz CT molecular complexity index is 538. The summed E-state index contributed by atoms with van der Waals surface area (Å²) in [4.78, 5) is 23.5. The van der Waals surface area contributed by atoms with Crippen molar-refractivity contribution in [2.75, 3.05) is 0 Å². The number of rotatable bonds is 5. The molecule has 1 aliphatic rings. The maximum Gasteiger partial charge on any atom is 0.305 e. The van der Waals surface area contributed by atoms with Gasteiger partial charge in [-0.05, 0) is 37.5 Å². The molecular formula is C16H20BrNO3. The van der Waals surface area contributed by atoms with Crippen LogP contribution in [0, 0.1) is 0 Å². The summed E-state index contributed by atoms with van der Waals surface area (Å²) in [6.07, 6.45) is 3.62. The molecule has 1 saturated carbocycles. The van der Waals surface area contributed by atoms with E-state index in [4.69, 9.17) is 5.11 Å². The van der Waals surface area contributed by atoms with E-state index in [1.165, 1.54) is 0 Å². The van der Waals surface area contributed by atoms with Gasteiger partial charge in [-0.3, -0.25) is 9.59 Å². The maximum absolute atomic E-state index is 12.8. The molecule has 0 aromatic heterocycles. The van der Waals surface area contributed by atoms with E-state index in [1.807, 2.05) is 24.3 Å². The molecule has 1 atom stereocenters. The number of aliphatic carboxylic acids is 1. The molecule has 0 spiro atoms. The molecule has 1 fully saturated rings. The number of carboxylic acid groups (broad SMARTS) is 1. The minimum Gasteiger partial charge on any atom is -0.481 e. The van der Waals surface area contributed by atoms with Gasteiger partial charge in [0.15, 0.2) is 0 Å². The van der Waals surface area contributed by atoms with Crippen LogP contribution in [0.5, 0.6) is 0 Å². The summed E-state index contributed by atoms with van der Waals surface area (Å²) in [6.45, 7) is 1.73. The second-order valence-corrected chi connectivity index (χ2v) is 6.69. The van der Waals surface area contributed by atoms with Crippen molar-refractivity contribution in [1.82, 2.24) is 5.32 Å². The molecule has 1 unspecified atom stereocenters. The lowest BCUT2D eigenvalue weighted by Gasteiger charge is -2.30. The zero-order valence-corrected chi connectivity index (χ0v) is 13.6. The summed E-state index contributed by atoms with van der Waals surface area (Å²) in [7, 11) is 0. The standard InChI is InChI=1S/C16H20BrNO3/c1-11(9-14(19)20)18-15(21)16(7-2-3-8-16)12-5-4-6-13(17)10-12/h4-6,10-11H,2-3,7-9H2,1H3,(H,18,21)(H,19,20). The maximum atomic E-state index is 12.8. The molecule has 5 heteroatoms. The van der Waals surface area contributed by atoms with Crippen LogP contribution in [0.3, 0.4) is 0 Å². The minimum absolute atomic E-state index is 0.0492. The first-order valence-corrected chi connectivity index (χ1v) is 8.02. The van der Waals surface area contributed by atoms with Gasteiger partial charge in [0, 0.05) is 10.5 Å². The highest BCUT2D eigenvalue weighted by Gasteiger charge is 2.43. The van der Waals surface area contributed by atoms with E-state index in [1.54, 1.807) is 6.92 Å². The Labute approximate surface area is 133 Å². The van der Waals surface area contributed by atoms with Crippen LogP contribution < -0.4 is 5.32 Å². The molecule has 4 nitrogen and oxygen atoms in total. The normalized spacial score (nSPS) is 18.2. The number of carboxylic acids is 1. The smallest absolute Gasteiger partial charge is 0.305 e. The van der Waals surface area contributed by atoms with Gasteiger partial charge in [0.2, 0.25) is 5.91 Å². The van der Waals surface area contributed by atoms with Crippen LogP contribution in [0.4, 0.5) is 0 Å². The number of hydrogen-bond acceptors (Lipinski definition) is 2. The fourth-order valence-electron chi connectivity index (χ4n) is 3.09. The van der Waals surface area contributed by atoms with E-state index in [0.717, 1.165) is 35.7 Å². The first-order chi connectivity index (χ1) is 9.94. The fraction of sp³-hybridized carbons (Fsp3) is 0.500. The zero-order chi connectivity index (χ0) is 15.5. The average Bonchev–Trinajstić information content (AvgIpc) is 2.88. The summed E-state index contributed by atoms with van der Waals surface area (Å²) in [6, 6.07) is 7.49. The molecule has 21 heavy (non-hydrogen) atoms. The van der Waals surface area contributed by atoms with Gasteiger partial charge < -0.3 is 10.4 Å². The minimum atomic E-state index is -0.897. The largest absolute Gasteiger partial charge is 0.481 e. The van der Waals surface area contributed by atoms with E-state index in [-0.39, 0.29) is 18.4 Å². The molecule has 0 aliphatic heterocycles. The van der Waals surface area contributed by atoms with Gasteiger partial charge in [-0.15, -0.1) is 0 Å². The van der Waals surface area contributed by atoms with E-state index < -0.39 is 11.4 Å². The van der Waals surface area contributed by atoms with Crippen LogP contribution in [0.15, 0.2) is 28.7 Å². The number of halogens is 1. The van der Waals surface area contributed by atoms with Crippen LogP contribution in [-0.4, -0.2) is 23.0 Å². The third-order valence-electron chi connectivity index (χ3n) is 4.13. The SMILES string of the molecule is CC(CC(=O)O)NC(=O)C1(c2cccc(Br)c2)CCCC1. The molecule has 1 amide bonds. The Morgan fingerprint density at radius 3 is 2.62 bits per heavy atom. The lowest BCUT2D eigenvalue weighted by molar-refractivity contribution is -0.137. The summed E-state index contributed by atoms with van der Waals surface area (Å²) < 4.78 is 0.956. The zero-order valence-electron chi connectivity index (χ0n) is 12.1. The van der Waals surface area contributed by atoms with Crippen molar-refractivity contribution in [3.05, 3.63) is 34.3 Å². The molecule has 1 aliphatic carbocycles. The average molecular weight is 354 g/mol. The van der Waals surface area contributed by atoms with E-state index in [9.17, 15) is 9.59 Å². The summed E-state index contributed by atoms with van der Waals surface area (Å²) >= 11 is 3.46. The van der Waals surface area contributed by atoms with E-state index >= 15 is 0 Å². The van der Waals surface area contributed by atoms with Crippen molar-refractivity contribution in [3.63, 3.8) is 0 Å². The van der Waals surface area contributed by atoms with Crippen molar-refractivity contribution in [1.29, 1.82) is 0 Å². The second kappa shape index (κ2) is 6.60. The highest BCUT2D eigenvalue weighted by atomic mass is 79.9. The van der Waals surface area contributed by atoms with Crippen LogP contribution >= 0.6 is 15.9 Å². The molecular weight excluding hydrogens is 334 g/mol. The predicted octanol–water partition coefficient (Wildman–Crippen LogP) is 3.24. The number of carbonyl (C=O) groups excluding carboxylic acids is 1. The van der Waals surface area contributed by atoms with Crippen LogP contribution in [-0.2, 0) is 15.0 Å². The van der Waals surface area contributed by atoms with Gasteiger partial charge in [-0.2, -0.15) is 0 Å². The Hall–Kier alpha value is -1.36. The molecule has 0 saturated heterocycles. The van der Waals surface area contributed by atoms with Crippen molar-refractivity contribution in [2.45, 2.75) is 50.5 Å². The van der Waals surface area contributed by atoms with E-state index in [0.29, 0.717) is 0 Å². The van der Waals surface area contributed by atoms with Crippen LogP contribution in [0.1, 0.15) is 44.6 Å². The van der Waals surface area contributed by atoms with Crippen LogP contribution in [0.25, 0.3) is 0 Å². The van der Waals surface area contributed by atoms with E-state index in [2.05, 4.69) is 21.2 Å². The third kappa shape index (κ3) is 3.64. The second-order valence-electron chi connectivity index (χ2n) is 5.77. The predicted molar refractivity (Wildman–Crippen MR) is 84.1 cm³/mol. The summed E-state index contributed by atoms with van der Waals surface area (Å²) in [5, 5.41) is 11.7. The highest BCUT2D eigenvalue weighted by Crippen LogP contribution is 2.42. The highest BCUT2D eigenvalue weighted by molar-refractivity contribution is 9.10. The molecule has 0 bridgehead atoms. The number of nitrogens with one attached hydrogen (secondary N) is 1. The molecule has 0 radical (unpaired) electrons. The third-order valence-corrected chi connectivity index (χ3v) is 4.62. The molecule has 1 aromatic carbocycles. The quantitative estimate of drug-likeness (QED) is 0.853. The monoisotopic (exact) mass is 353 g/mol. The number of amides is 1. The molecule has 2 rings (SSSR count). The number of benzene rings is 1. The van der Waals surface area contributed by atoms with Gasteiger partial charge >= 0.3 is 5.97 Å². The molecule has 1 aromatic rings. The Morgan fingerprint density at radius 2 is 2.05 bits per heavy atom. The molecule has 2 N–H and O–H groups in total. The summed E-state index contributed by atoms with van der Waals surface area (Å²) in [5.41, 5.74) is 0.491. The fourth-order valence-corrected chi connectivity index (χ4v) is 3.49. The van der Waals surface area contributed by atoms with Gasteiger partial charge in [0.25, 0.3) is 0 Å². The molecule has 114 valence electrons. The van der Waals surface area contributed by atoms with Crippen molar-refractivity contribution in [2.24, 2.45) is 0 Å². The Morgan fingerprint density at radius 1 is 1.38 bits per heavy atom. The van der Waals surface area contributed by atoms with Crippen LogP contribution in [0.2, 0.25) is 0 Å². The first-order valence-electron chi connectivity index (χ1n) is 7.23. The number of hydrogen-bond donors (Lipinski definition) is 2. The topological polar surface area (TPSA) is 66.4 Å². The Kier molecular flexibility index (Phi) is 5.04. The van der Waals surface area contributed by atoms with Crippen molar-refractivity contribution in [3.8, 4) is 0 Å². The van der Waals surface area contributed by atoms with Crippen molar-refractivity contribution < 1.29 is 14.7 Å². The summed E-state index contributed by atoms with van der Waals surface area (Å²) in [5.74, 6) is -0.947. The van der Waals surface area contributed by atoms with Gasteiger partial charge in [0.05, 0.1) is 11.8 Å². The van der Waals surface area contributed by atoms with Gasteiger partial charge in [0.1, 0.15) is 0 Å². The van der Waals surface area contributed by atoms with Gasteiger partial charge in [-0.1, -0.05) is 40.9 Å². The van der Waals surface area contributed by atoms with Crippen molar-refractivity contribution >= 4 is 27.8 Å². The van der Waals surface area contributed by atoms with Gasteiger partial charge in [-0.25, -0.2) is 0 Å². The lowest BCUT2D eigenvalue weighted by Crippen LogP contribution is -2.46. The number of carbonyl (C=O) groups is 2. The molecule has 0 heterocycles.